The summed E-state index contributed by atoms with van der Waals surface area (Å²) in [6.45, 7) is 0.397. The van der Waals surface area contributed by atoms with Crippen molar-refractivity contribution in [1.82, 2.24) is 15.2 Å². The number of benzene rings is 1. The molecule has 2 bridgehead atoms. The van der Waals surface area contributed by atoms with Crippen LogP contribution in [0.25, 0.3) is 0 Å². The minimum Gasteiger partial charge on any atom is -0.349 e. The minimum absolute atomic E-state index is 0.00589. The maximum atomic E-state index is 12.5. The van der Waals surface area contributed by atoms with E-state index in [0.717, 1.165) is 25.7 Å². The molecule has 2 aliphatic rings. The van der Waals surface area contributed by atoms with Crippen molar-refractivity contribution in [2.75, 3.05) is 11.9 Å². The molecule has 2 amide bonds. The number of thiazole rings is 1. The molecule has 0 radical (unpaired) electrons. The maximum Gasteiger partial charge on any atom is 0.251 e. The van der Waals surface area contributed by atoms with Gasteiger partial charge in [0, 0.05) is 35.3 Å². The van der Waals surface area contributed by atoms with Gasteiger partial charge < -0.3 is 10.6 Å². The Hall–Kier alpha value is -2.25. The fourth-order valence-corrected chi connectivity index (χ4v) is 4.87. The second-order valence-corrected chi connectivity index (χ2v) is 8.20. The van der Waals surface area contributed by atoms with Gasteiger partial charge in [0.1, 0.15) is 0 Å². The Balaban J connectivity index is 1.36. The molecule has 2 atom stereocenters. The van der Waals surface area contributed by atoms with Crippen molar-refractivity contribution in [3.05, 3.63) is 47.5 Å². The van der Waals surface area contributed by atoms with Crippen molar-refractivity contribution in [2.45, 2.75) is 50.2 Å². The second-order valence-electron chi connectivity index (χ2n) is 7.30. The number of nitrogens with one attached hydrogen (secondary N) is 2. The van der Waals surface area contributed by atoms with Gasteiger partial charge >= 0.3 is 0 Å². The molecular weight excluding hydrogens is 360 g/mol. The van der Waals surface area contributed by atoms with E-state index in [4.69, 9.17) is 0 Å². The normalized spacial score (nSPS) is 25.0. The van der Waals surface area contributed by atoms with Gasteiger partial charge in [0.2, 0.25) is 5.91 Å². The average molecular weight is 385 g/mol. The number of hydrogen-bond acceptors (Lipinski definition) is 5. The highest BCUT2D eigenvalue weighted by Crippen LogP contribution is 2.34. The molecule has 0 spiro atoms. The lowest BCUT2D eigenvalue weighted by molar-refractivity contribution is -0.120. The quantitative estimate of drug-likeness (QED) is 0.831. The molecule has 6 nitrogen and oxygen atoms in total. The first-order valence-corrected chi connectivity index (χ1v) is 10.4. The number of piperidine rings is 2. The lowest BCUT2D eigenvalue weighted by Gasteiger charge is -2.48. The smallest absolute Gasteiger partial charge is 0.251 e. The molecule has 4 rings (SSSR count). The van der Waals surface area contributed by atoms with Crippen molar-refractivity contribution < 1.29 is 9.59 Å². The fourth-order valence-electron chi connectivity index (χ4n) is 4.32. The molecule has 7 heteroatoms. The Bertz CT molecular complexity index is 767. The highest BCUT2D eigenvalue weighted by Gasteiger charge is 2.39. The van der Waals surface area contributed by atoms with Crippen LogP contribution in [0.1, 0.15) is 42.5 Å². The zero-order valence-corrected chi connectivity index (χ0v) is 16.0. The third kappa shape index (κ3) is 4.36. The number of rotatable bonds is 5. The van der Waals surface area contributed by atoms with Crippen LogP contribution in [0.2, 0.25) is 0 Å². The summed E-state index contributed by atoms with van der Waals surface area (Å²) in [5.41, 5.74) is 0.702. The van der Waals surface area contributed by atoms with Crippen LogP contribution in [-0.2, 0) is 4.79 Å². The van der Waals surface area contributed by atoms with Crippen LogP contribution < -0.4 is 10.6 Å². The van der Waals surface area contributed by atoms with E-state index in [1.807, 2.05) is 35.7 Å². The first-order chi connectivity index (χ1) is 13.2. The average Bonchev–Trinajstić information content (AvgIpc) is 3.16. The second kappa shape index (κ2) is 8.19. The molecule has 0 unspecified atom stereocenters. The fraction of sp³-hybridized carbons (Fsp3) is 0.450. The van der Waals surface area contributed by atoms with Crippen molar-refractivity contribution in [1.29, 1.82) is 0 Å². The van der Waals surface area contributed by atoms with Crippen LogP contribution in [0.3, 0.4) is 0 Å². The van der Waals surface area contributed by atoms with Crippen molar-refractivity contribution in [3.8, 4) is 0 Å². The predicted molar refractivity (Wildman–Crippen MR) is 106 cm³/mol. The summed E-state index contributed by atoms with van der Waals surface area (Å²) in [6.07, 6.45) is 6.85. The largest absolute Gasteiger partial charge is 0.349 e. The summed E-state index contributed by atoms with van der Waals surface area (Å²) < 4.78 is 0. The van der Waals surface area contributed by atoms with Gasteiger partial charge in [0.05, 0.1) is 6.54 Å². The molecule has 142 valence electrons. The highest BCUT2D eigenvalue weighted by molar-refractivity contribution is 7.13. The van der Waals surface area contributed by atoms with E-state index in [0.29, 0.717) is 29.3 Å². The third-order valence-electron chi connectivity index (χ3n) is 5.50. The summed E-state index contributed by atoms with van der Waals surface area (Å²) in [7, 11) is 0. The van der Waals surface area contributed by atoms with Crippen molar-refractivity contribution in [2.24, 2.45) is 0 Å². The van der Waals surface area contributed by atoms with Gasteiger partial charge in [-0.15, -0.1) is 11.3 Å². The van der Waals surface area contributed by atoms with Crippen LogP contribution in [0, 0.1) is 0 Å². The number of anilines is 1. The van der Waals surface area contributed by atoms with E-state index in [9.17, 15) is 9.59 Å². The highest BCUT2D eigenvalue weighted by atomic mass is 32.1. The Morgan fingerprint density at radius 2 is 1.89 bits per heavy atom. The van der Waals surface area contributed by atoms with Crippen LogP contribution in [0.5, 0.6) is 0 Å². The summed E-state index contributed by atoms with van der Waals surface area (Å²) in [6, 6.07) is 10.2. The SMILES string of the molecule is O=C(CN1[C@@H]2CCC[C@@H]1CC(NC(=O)c1ccccc1)C2)Nc1nccs1. The molecule has 1 aromatic carbocycles. The van der Waals surface area contributed by atoms with E-state index < -0.39 is 0 Å². The molecule has 3 heterocycles. The molecule has 2 aromatic rings. The van der Waals surface area contributed by atoms with Crippen molar-refractivity contribution >= 4 is 28.3 Å². The van der Waals surface area contributed by atoms with Gasteiger partial charge in [0.25, 0.3) is 5.91 Å². The minimum atomic E-state index is -0.00591. The first kappa shape index (κ1) is 18.1. The van der Waals surface area contributed by atoms with Crippen LogP contribution in [0.15, 0.2) is 41.9 Å². The molecule has 1 aromatic heterocycles. The summed E-state index contributed by atoms with van der Waals surface area (Å²) in [5.74, 6) is -0.0118. The van der Waals surface area contributed by atoms with Crippen LogP contribution in [0.4, 0.5) is 5.13 Å². The van der Waals surface area contributed by atoms with Crippen LogP contribution in [-0.4, -0.2) is 46.4 Å². The molecule has 27 heavy (non-hydrogen) atoms. The van der Waals surface area contributed by atoms with Gasteiger partial charge in [-0.05, 0) is 37.8 Å². The molecule has 2 aliphatic heterocycles. The number of fused-ring (bicyclic) bond motifs is 2. The van der Waals surface area contributed by atoms with E-state index >= 15 is 0 Å². The third-order valence-corrected chi connectivity index (χ3v) is 6.19. The Kier molecular flexibility index (Phi) is 5.50. The van der Waals surface area contributed by atoms with Crippen molar-refractivity contribution in [3.63, 3.8) is 0 Å². The zero-order valence-electron chi connectivity index (χ0n) is 15.1. The number of carbonyl (C=O) groups is 2. The predicted octanol–water partition coefficient (Wildman–Crippen LogP) is 2.90. The summed E-state index contributed by atoms with van der Waals surface area (Å²) in [4.78, 5) is 31.3. The van der Waals surface area contributed by atoms with E-state index in [2.05, 4.69) is 20.5 Å². The van der Waals surface area contributed by atoms with E-state index in [1.165, 1.54) is 17.8 Å². The van der Waals surface area contributed by atoms with Gasteiger partial charge in [-0.2, -0.15) is 0 Å². The Morgan fingerprint density at radius 1 is 1.15 bits per heavy atom. The number of hydrogen-bond donors (Lipinski definition) is 2. The molecule has 0 saturated carbocycles. The molecule has 2 saturated heterocycles. The standard InChI is InChI=1S/C20H24N4O2S/c25-18(23-20-21-9-10-27-20)13-24-16-7-4-8-17(24)12-15(11-16)22-19(26)14-5-2-1-3-6-14/h1-3,5-6,9-10,15-17H,4,7-8,11-13H2,(H,22,26)(H,21,23,25)/t16-,17-/m1/s1. The Morgan fingerprint density at radius 3 is 2.56 bits per heavy atom. The van der Waals surface area contributed by atoms with E-state index in [1.54, 1.807) is 6.20 Å². The van der Waals surface area contributed by atoms with Gasteiger partial charge in [0.15, 0.2) is 5.13 Å². The number of aromatic nitrogens is 1. The summed E-state index contributed by atoms with van der Waals surface area (Å²) in [5, 5.41) is 8.58. The Labute approximate surface area is 163 Å². The zero-order chi connectivity index (χ0) is 18.6. The topological polar surface area (TPSA) is 74.3 Å². The first-order valence-electron chi connectivity index (χ1n) is 9.50. The van der Waals surface area contributed by atoms with Gasteiger partial charge in [-0.25, -0.2) is 4.98 Å². The molecule has 0 aliphatic carbocycles. The summed E-state index contributed by atoms with van der Waals surface area (Å²) >= 11 is 1.43. The molecular formula is C20H24N4O2S. The lowest BCUT2D eigenvalue weighted by Crippen LogP contribution is -2.58. The van der Waals surface area contributed by atoms with E-state index in [-0.39, 0.29) is 17.9 Å². The molecule has 2 N–H and O–H groups in total. The molecule has 2 fully saturated rings. The maximum absolute atomic E-state index is 12.5. The van der Waals surface area contributed by atoms with Crippen LogP contribution >= 0.6 is 11.3 Å². The number of nitrogens with zero attached hydrogens (tertiary/aromatic N) is 2. The lowest BCUT2D eigenvalue weighted by atomic mass is 9.81. The van der Waals surface area contributed by atoms with Gasteiger partial charge in [-0.3, -0.25) is 14.5 Å². The van der Waals surface area contributed by atoms with Gasteiger partial charge in [-0.1, -0.05) is 24.6 Å². The number of carbonyl (C=O) groups excluding carboxylic acids is 2. The number of amides is 2. The monoisotopic (exact) mass is 384 g/mol.